The first kappa shape index (κ1) is 25.8. The normalized spacial score (nSPS) is 18.6. The molecule has 39 heavy (non-hydrogen) atoms. The van der Waals surface area contributed by atoms with Crippen molar-refractivity contribution in [2.45, 2.75) is 70.0 Å². The van der Waals surface area contributed by atoms with E-state index in [1.165, 1.54) is 0 Å². The Morgan fingerprint density at radius 1 is 0.949 bits per heavy atom. The number of sulfonamides is 1. The summed E-state index contributed by atoms with van der Waals surface area (Å²) in [5.74, 6) is -0.613. The summed E-state index contributed by atoms with van der Waals surface area (Å²) < 4.78 is 35.1. The standard InChI is InChI=1S/C33H33NO4S/c1-5-9-27-30-28(26-13-8-11-22-10-6-7-12-25(22)26)18-23-19-34(39(36,37)24-16-14-21(2)15-17-24)20-29(23)31(30)33(3,4)38-32(27)35/h6-8,10-18,27H,5,9,19-20H2,1-4H3. The molecule has 6 rings (SSSR count). The van der Waals surface area contributed by atoms with Crippen LogP contribution >= 0.6 is 0 Å². The molecule has 5 nitrogen and oxygen atoms in total. The summed E-state index contributed by atoms with van der Waals surface area (Å²) in [6.07, 6.45) is 1.50. The molecule has 0 radical (unpaired) electrons. The first-order valence-corrected chi connectivity index (χ1v) is 15.0. The van der Waals surface area contributed by atoms with Crippen molar-refractivity contribution in [3.63, 3.8) is 0 Å². The van der Waals surface area contributed by atoms with Crippen LogP contribution in [0.1, 0.15) is 67.3 Å². The monoisotopic (exact) mass is 539 g/mol. The Kier molecular flexibility index (Phi) is 6.16. The van der Waals surface area contributed by atoms with E-state index >= 15 is 0 Å². The third-order valence-electron chi connectivity index (χ3n) is 8.16. The number of hydrogen-bond donors (Lipinski definition) is 0. The molecule has 0 spiro atoms. The van der Waals surface area contributed by atoms with Crippen LogP contribution in [-0.4, -0.2) is 18.7 Å². The quantitative estimate of drug-likeness (QED) is 0.252. The molecule has 0 bridgehead atoms. The zero-order valence-corrected chi connectivity index (χ0v) is 23.6. The second-order valence-corrected chi connectivity index (χ2v) is 13.2. The van der Waals surface area contributed by atoms with E-state index in [9.17, 15) is 13.2 Å². The summed E-state index contributed by atoms with van der Waals surface area (Å²) in [6, 6.07) is 23.7. The van der Waals surface area contributed by atoms with Gasteiger partial charge in [0.15, 0.2) is 0 Å². The topological polar surface area (TPSA) is 63.7 Å². The Hall–Kier alpha value is -3.48. The van der Waals surface area contributed by atoms with E-state index in [1.54, 1.807) is 16.4 Å². The first-order valence-electron chi connectivity index (χ1n) is 13.6. The predicted molar refractivity (Wildman–Crippen MR) is 154 cm³/mol. The fraction of sp³-hybridized carbons (Fsp3) is 0.303. The molecule has 2 heterocycles. The minimum absolute atomic E-state index is 0.210. The molecule has 0 saturated heterocycles. The van der Waals surface area contributed by atoms with Crippen LogP contribution in [0.2, 0.25) is 0 Å². The van der Waals surface area contributed by atoms with E-state index in [4.69, 9.17) is 4.74 Å². The molecule has 1 unspecified atom stereocenters. The maximum atomic E-state index is 13.7. The van der Waals surface area contributed by atoms with Crippen molar-refractivity contribution in [3.8, 4) is 11.1 Å². The number of hydrogen-bond acceptors (Lipinski definition) is 4. The van der Waals surface area contributed by atoms with Gasteiger partial charge in [-0.1, -0.05) is 73.5 Å². The lowest BCUT2D eigenvalue weighted by atomic mass is 9.74. The second kappa shape index (κ2) is 9.32. The van der Waals surface area contributed by atoms with Gasteiger partial charge in [-0.15, -0.1) is 0 Å². The van der Waals surface area contributed by atoms with Crippen molar-refractivity contribution in [3.05, 3.63) is 101 Å². The third kappa shape index (κ3) is 4.17. The van der Waals surface area contributed by atoms with Gasteiger partial charge >= 0.3 is 5.97 Å². The Morgan fingerprint density at radius 3 is 2.41 bits per heavy atom. The molecule has 6 heteroatoms. The van der Waals surface area contributed by atoms with Crippen LogP contribution < -0.4 is 0 Å². The Labute approximate surface area is 230 Å². The molecule has 0 saturated carbocycles. The molecular formula is C33H33NO4S. The Balaban J connectivity index is 1.60. The van der Waals surface area contributed by atoms with E-state index in [-0.39, 0.29) is 19.1 Å². The number of rotatable bonds is 5. The molecule has 2 aliphatic heterocycles. The number of carbonyl (C=O) groups excluding carboxylic acids is 1. The Bertz CT molecular complexity index is 1720. The summed E-state index contributed by atoms with van der Waals surface area (Å²) >= 11 is 0. The summed E-state index contributed by atoms with van der Waals surface area (Å²) in [5.41, 5.74) is 6.06. The predicted octanol–water partition coefficient (Wildman–Crippen LogP) is 7.20. The summed E-state index contributed by atoms with van der Waals surface area (Å²) in [5, 5.41) is 2.23. The molecule has 0 aliphatic carbocycles. The highest BCUT2D eigenvalue weighted by Gasteiger charge is 2.46. The zero-order valence-electron chi connectivity index (χ0n) is 22.8. The average molecular weight is 540 g/mol. The van der Waals surface area contributed by atoms with Crippen LogP contribution in [0.3, 0.4) is 0 Å². The van der Waals surface area contributed by atoms with Gasteiger partial charge in [-0.2, -0.15) is 4.31 Å². The van der Waals surface area contributed by atoms with Crippen molar-refractivity contribution >= 4 is 26.8 Å². The van der Waals surface area contributed by atoms with E-state index in [2.05, 4.69) is 37.3 Å². The van der Waals surface area contributed by atoms with Crippen LogP contribution in [-0.2, 0) is 38.2 Å². The van der Waals surface area contributed by atoms with Gasteiger partial charge in [0, 0.05) is 18.7 Å². The highest BCUT2D eigenvalue weighted by atomic mass is 32.2. The van der Waals surface area contributed by atoms with Crippen molar-refractivity contribution in [1.82, 2.24) is 4.31 Å². The molecule has 2 aliphatic rings. The lowest BCUT2D eigenvalue weighted by Gasteiger charge is -2.39. The molecule has 0 aromatic heterocycles. The highest BCUT2D eigenvalue weighted by Crippen LogP contribution is 2.50. The van der Waals surface area contributed by atoms with Crippen molar-refractivity contribution < 1.29 is 17.9 Å². The molecule has 4 aromatic rings. The van der Waals surface area contributed by atoms with Gasteiger partial charge in [0.05, 0.1) is 10.8 Å². The number of cyclic esters (lactones) is 1. The number of nitrogens with zero attached hydrogens (tertiary/aromatic N) is 1. The smallest absolute Gasteiger partial charge is 0.314 e. The van der Waals surface area contributed by atoms with Gasteiger partial charge in [-0.3, -0.25) is 4.79 Å². The molecule has 4 aromatic carbocycles. The van der Waals surface area contributed by atoms with Crippen LogP contribution in [0.4, 0.5) is 0 Å². The minimum atomic E-state index is -3.71. The maximum Gasteiger partial charge on any atom is 0.314 e. The van der Waals surface area contributed by atoms with Crippen LogP contribution in [0.25, 0.3) is 21.9 Å². The van der Waals surface area contributed by atoms with Crippen molar-refractivity contribution in [2.75, 3.05) is 0 Å². The van der Waals surface area contributed by atoms with E-state index in [1.807, 2.05) is 51.1 Å². The van der Waals surface area contributed by atoms with Crippen LogP contribution in [0, 0.1) is 6.92 Å². The summed E-state index contributed by atoms with van der Waals surface area (Å²) in [4.78, 5) is 13.7. The molecule has 0 fully saturated rings. The van der Waals surface area contributed by atoms with Gasteiger partial charge in [0.1, 0.15) is 5.60 Å². The number of esters is 1. The average Bonchev–Trinajstić information content (AvgIpc) is 3.34. The Morgan fingerprint density at radius 2 is 1.67 bits per heavy atom. The SMILES string of the molecule is CCCC1C(=O)OC(C)(C)c2c3c(cc(-c4cccc5ccccc45)c21)CN(S(=O)(=O)c1ccc(C)cc1)C3. The zero-order chi connectivity index (χ0) is 27.5. The second-order valence-electron chi connectivity index (χ2n) is 11.2. The van der Waals surface area contributed by atoms with Gasteiger partial charge in [-0.25, -0.2) is 8.42 Å². The van der Waals surface area contributed by atoms with Gasteiger partial charge in [0.2, 0.25) is 10.0 Å². The minimum Gasteiger partial charge on any atom is -0.454 e. The highest BCUT2D eigenvalue weighted by molar-refractivity contribution is 7.89. The molecule has 200 valence electrons. The molecule has 0 amide bonds. The fourth-order valence-electron chi connectivity index (χ4n) is 6.35. The van der Waals surface area contributed by atoms with Gasteiger partial charge in [0.25, 0.3) is 0 Å². The largest absolute Gasteiger partial charge is 0.454 e. The summed E-state index contributed by atoms with van der Waals surface area (Å²) in [7, 11) is -3.71. The molecular weight excluding hydrogens is 506 g/mol. The van der Waals surface area contributed by atoms with Crippen LogP contribution in [0.15, 0.2) is 77.7 Å². The lowest BCUT2D eigenvalue weighted by Crippen LogP contribution is -2.38. The van der Waals surface area contributed by atoms with Gasteiger partial charge < -0.3 is 4.74 Å². The number of benzene rings is 4. The summed E-state index contributed by atoms with van der Waals surface area (Å²) in [6.45, 7) is 8.40. The van der Waals surface area contributed by atoms with Crippen molar-refractivity contribution in [2.24, 2.45) is 0 Å². The van der Waals surface area contributed by atoms with E-state index < -0.39 is 21.5 Å². The first-order chi connectivity index (χ1) is 18.6. The van der Waals surface area contributed by atoms with E-state index in [0.717, 1.165) is 56.1 Å². The number of ether oxygens (including phenoxy) is 1. The third-order valence-corrected chi connectivity index (χ3v) is 9.96. The number of carbonyl (C=O) groups is 1. The van der Waals surface area contributed by atoms with Crippen molar-refractivity contribution in [1.29, 1.82) is 0 Å². The van der Waals surface area contributed by atoms with E-state index in [0.29, 0.717) is 11.3 Å². The fourth-order valence-corrected chi connectivity index (χ4v) is 7.73. The molecule has 0 N–H and O–H groups in total. The van der Waals surface area contributed by atoms with Crippen LogP contribution in [0.5, 0.6) is 0 Å². The number of fused-ring (bicyclic) bond motifs is 4. The van der Waals surface area contributed by atoms with Gasteiger partial charge in [-0.05, 0) is 84.0 Å². The molecule has 1 atom stereocenters. The lowest BCUT2D eigenvalue weighted by molar-refractivity contribution is -0.162. The number of aryl methyl sites for hydroxylation is 1. The maximum absolute atomic E-state index is 13.7.